The van der Waals surface area contributed by atoms with E-state index >= 15 is 0 Å². The van der Waals surface area contributed by atoms with Gasteiger partial charge in [0.2, 0.25) is 0 Å². The van der Waals surface area contributed by atoms with Gasteiger partial charge in [-0.05, 0) is 57.2 Å². The normalized spacial score (nSPS) is 11.0. The van der Waals surface area contributed by atoms with Gasteiger partial charge in [-0.25, -0.2) is 4.39 Å². The first-order valence-corrected chi connectivity index (χ1v) is 11.3. The molecule has 2 aromatic heterocycles. The van der Waals surface area contributed by atoms with Crippen molar-refractivity contribution in [2.24, 2.45) is 0 Å². The molecule has 1 amide bonds. The molecule has 1 N–H and O–H groups in total. The lowest BCUT2D eigenvalue weighted by atomic mass is 10.1. The Hall–Kier alpha value is -3.91. The molecular weight excluding hydrogens is 501 g/mol. The predicted molar refractivity (Wildman–Crippen MR) is 130 cm³/mol. The van der Waals surface area contributed by atoms with Gasteiger partial charge < -0.3 is 14.5 Å². The number of halogens is 2. The third-order valence-corrected chi connectivity index (χ3v) is 5.79. The first kappa shape index (κ1) is 21.9. The lowest BCUT2D eigenvalue weighted by molar-refractivity contribution is 0.0992. The largest absolute Gasteiger partial charge is 0.485 e. The molecule has 0 fully saturated rings. The number of hydrogen-bond acceptors (Lipinski definition) is 4. The van der Waals surface area contributed by atoms with Crippen molar-refractivity contribution >= 4 is 38.4 Å². The topological polar surface area (TPSA) is 69.3 Å². The summed E-state index contributed by atoms with van der Waals surface area (Å²) >= 11 is 3.41. The number of benzene rings is 3. The van der Waals surface area contributed by atoms with Gasteiger partial charge in [0, 0.05) is 11.6 Å². The van der Waals surface area contributed by atoms with Crippen LogP contribution >= 0.6 is 15.9 Å². The standard InChI is InChI=1S/C26H19BrFN3O3/c27-22-15-31(14-17-8-10-19(28)11-9-17)30-25(22)29-26(32)24-13-12-20(34-24)16-33-23-7-3-5-18-4-1-2-6-21(18)23/h1-13,15H,14,16H2,(H,29,30,32). The van der Waals surface area contributed by atoms with Crippen LogP contribution in [0.1, 0.15) is 21.9 Å². The molecule has 0 aliphatic heterocycles. The van der Waals surface area contributed by atoms with E-state index in [1.165, 1.54) is 12.1 Å². The molecule has 5 rings (SSSR count). The number of ether oxygens (including phenoxy) is 1. The van der Waals surface area contributed by atoms with Gasteiger partial charge in [0.05, 0.1) is 11.0 Å². The summed E-state index contributed by atoms with van der Waals surface area (Å²) in [7, 11) is 0. The number of anilines is 1. The second-order valence-electron chi connectivity index (χ2n) is 7.64. The third kappa shape index (κ3) is 4.87. The summed E-state index contributed by atoms with van der Waals surface area (Å²) in [5.41, 5.74) is 0.885. The number of hydrogen-bond donors (Lipinski definition) is 1. The first-order chi connectivity index (χ1) is 16.5. The van der Waals surface area contributed by atoms with Gasteiger partial charge in [-0.1, -0.05) is 48.5 Å². The molecule has 0 bridgehead atoms. The Labute approximate surface area is 203 Å². The molecule has 0 unspecified atom stereocenters. The third-order valence-electron chi connectivity index (χ3n) is 5.21. The van der Waals surface area contributed by atoms with Crippen LogP contribution in [0, 0.1) is 5.82 Å². The fourth-order valence-electron chi connectivity index (χ4n) is 3.56. The summed E-state index contributed by atoms with van der Waals surface area (Å²) in [4.78, 5) is 12.7. The Bertz CT molecular complexity index is 1450. The van der Waals surface area contributed by atoms with Gasteiger partial charge in [-0.3, -0.25) is 9.48 Å². The van der Waals surface area contributed by atoms with Gasteiger partial charge in [0.15, 0.2) is 11.6 Å². The average Bonchev–Trinajstić information content (AvgIpc) is 3.46. The van der Waals surface area contributed by atoms with Crippen LogP contribution in [0.5, 0.6) is 5.75 Å². The van der Waals surface area contributed by atoms with E-state index in [-0.39, 0.29) is 18.2 Å². The molecule has 5 aromatic rings. The van der Waals surface area contributed by atoms with E-state index in [0.717, 1.165) is 22.1 Å². The van der Waals surface area contributed by atoms with E-state index < -0.39 is 5.91 Å². The molecule has 0 aliphatic carbocycles. The number of aromatic nitrogens is 2. The minimum absolute atomic E-state index is 0.150. The van der Waals surface area contributed by atoms with Crippen molar-refractivity contribution in [2.45, 2.75) is 13.2 Å². The lowest BCUT2D eigenvalue weighted by Crippen LogP contribution is -2.12. The molecule has 3 aromatic carbocycles. The van der Waals surface area contributed by atoms with Gasteiger partial charge in [-0.2, -0.15) is 5.10 Å². The molecule has 34 heavy (non-hydrogen) atoms. The second kappa shape index (κ2) is 9.52. The Morgan fingerprint density at radius 1 is 1.03 bits per heavy atom. The van der Waals surface area contributed by atoms with Gasteiger partial charge >= 0.3 is 0 Å². The minimum Gasteiger partial charge on any atom is -0.485 e. The van der Waals surface area contributed by atoms with Crippen molar-refractivity contribution in [3.8, 4) is 5.75 Å². The lowest BCUT2D eigenvalue weighted by Gasteiger charge is -2.08. The maximum absolute atomic E-state index is 13.1. The van der Waals surface area contributed by atoms with Gasteiger partial charge in [0.25, 0.3) is 5.91 Å². The van der Waals surface area contributed by atoms with Crippen molar-refractivity contribution in [3.63, 3.8) is 0 Å². The molecule has 8 heteroatoms. The molecule has 2 heterocycles. The van der Waals surface area contributed by atoms with E-state index in [1.54, 1.807) is 35.1 Å². The zero-order chi connectivity index (χ0) is 23.5. The van der Waals surface area contributed by atoms with E-state index in [9.17, 15) is 9.18 Å². The maximum atomic E-state index is 13.1. The predicted octanol–water partition coefficient (Wildman–Crippen LogP) is 6.41. The average molecular weight is 520 g/mol. The number of furan rings is 1. The Morgan fingerprint density at radius 3 is 2.68 bits per heavy atom. The van der Waals surface area contributed by atoms with Gasteiger partial charge in [-0.15, -0.1) is 0 Å². The highest BCUT2D eigenvalue weighted by atomic mass is 79.9. The van der Waals surface area contributed by atoms with Crippen LogP contribution in [-0.4, -0.2) is 15.7 Å². The fraction of sp³-hybridized carbons (Fsp3) is 0.0769. The number of amides is 1. The summed E-state index contributed by atoms with van der Waals surface area (Å²) in [5.74, 6) is 1.06. The summed E-state index contributed by atoms with van der Waals surface area (Å²) in [5, 5.41) is 9.22. The monoisotopic (exact) mass is 519 g/mol. The van der Waals surface area contributed by atoms with Crippen molar-refractivity contribution in [1.29, 1.82) is 0 Å². The van der Waals surface area contributed by atoms with Crippen molar-refractivity contribution in [3.05, 3.63) is 112 Å². The Kier molecular flexibility index (Phi) is 6.14. The van der Waals surface area contributed by atoms with Crippen LogP contribution in [0.4, 0.5) is 10.2 Å². The summed E-state index contributed by atoms with van der Waals surface area (Å²) in [6.07, 6.45) is 1.74. The number of carbonyl (C=O) groups excluding carboxylic acids is 1. The van der Waals surface area contributed by atoms with Crippen molar-refractivity contribution in [2.75, 3.05) is 5.32 Å². The molecular formula is C26H19BrFN3O3. The van der Waals surface area contributed by atoms with E-state index in [0.29, 0.717) is 22.6 Å². The number of rotatable bonds is 7. The first-order valence-electron chi connectivity index (χ1n) is 10.5. The molecule has 0 saturated heterocycles. The van der Waals surface area contributed by atoms with Crippen LogP contribution < -0.4 is 10.1 Å². The number of nitrogens with one attached hydrogen (secondary N) is 1. The maximum Gasteiger partial charge on any atom is 0.292 e. The molecule has 0 radical (unpaired) electrons. The molecule has 0 saturated carbocycles. The van der Waals surface area contributed by atoms with Crippen molar-refractivity contribution < 1.29 is 18.3 Å². The number of nitrogens with zero attached hydrogens (tertiary/aromatic N) is 2. The summed E-state index contributed by atoms with van der Waals surface area (Å²) < 4.78 is 27.0. The summed E-state index contributed by atoms with van der Waals surface area (Å²) in [6, 6.07) is 23.3. The zero-order valence-electron chi connectivity index (χ0n) is 17.9. The highest BCUT2D eigenvalue weighted by Gasteiger charge is 2.16. The van der Waals surface area contributed by atoms with Crippen molar-refractivity contribution in [1.82, 2.24) is 9.78 Å². The molecule has 6 nitrogen and oxygen atoms in total. The number of fused-ring (bicyclic) bond motifs is 1. The molecule has 0 aliphatic rings. The smallest absolute Gasteiger partial charge is 0.292 e. The van der Waals surface area contributed by atoms with E-state index in [1.807, 2.05) is 42.5 Å². The van der Waals surface area contributed by atoms with Crippen LogP contribution in [0.15, 0.2) is 93.9 Å². The molecule has 0 atom stereocenters. The quantitative estimate of drug-likeness (QED) is 0.269. The van der Waals surface area contributed by atoms with E-state index in [4.69, 9.17) is 9.15 Å². The van der Waals surface area contributed by atoms with E-state index in [2.05, 4.69) is 26.3 Å². The minimum atomic E-state index is -0.427. The number of carbonyl (C=O) groups is 1. The van der Waals surface area contributed by atoms with Crippen LogP contribution in [0.3, 0.4) is 0 Å². The van der Waals surface area contributed by atoms with Gasteiger partial charge in [0.1, 0.15) is 23.9 Å². The molecule has 0 spiro atoms. The van der Waals surface area contributed by atoms with Crippen LogP contribution in [-0.2, 0) is 13.2 Å². The highest BCUT2D eigenvalue weighted by Crippen LogP contribution is 2.26. The fourth-order valence-corrected chi connectivity index (χ4v) is 3.97. The van der Waals surface area contributed by atoms with Crippen LogP contribution in [0.25, 0.3) is 10.8 Å². The highest BCUT2D eigenvalue weighted by molar-refractivity contribution is 9.10. The summed E-state index contributed by atoms with van der Waals surface area (Å²) in [6.45, 7) is 0.627. The second-order valence-corrected chi connectivity index (χ2v) is 8.49. The SMILES string of the molecule is O=C(Nc1nn(Cc2ccc(F)cc2)cc1Br)c1ccc(COc2cccc3ccccc23)o1. The Morgan fingerprint density at radius 2 is 1.82 bits per heavy atom. The zero-order valence-corrected chi connectivity index (χ0v) is 19.5. The Balaban J connectivity index is 1.23. The molecule has 170 valence electrons. The van der Waals surface area contributed by atoms with Crippen LogP contribution in [0.2, 0.25) is 0 Å².